The zero-order valence-electron chi connectivity index (χ0n) is 32.0. The minimum absolute atomic E-state index is 0.580. The van der Waals surface area contributed by atoms with Crippen LogP contribution in [0.25, 0.3) is 111 Å². The molecule has 0 radical (unpaired) electrons. The summed E-state index contributed by atoms with van der Waals surface area (Å²) in [6, 6.07) is 73.9. The van der Waals surface area contributed by atoms with Gasteiger partial charge in [0.15, 0.2) is 17.5 Å². The van der Waals surface area contributed by atoms with Crippen LogP contribution >= 0.6 is 0 Å². The van der Waals surface area contributed by atoms with Crippen molar-refractivity contribution in [3.8, 4) is 78.7 Å². The number of furan rings is 1. The van der Waals surface area contributed by atoms with Crippen LogP contribution in [-0.4, -0.2) is 15.0 Å². The molecule has 59 heavy (non-hydrogen) atoms. The van der Waals surface area contributed by atoms with Gasteiger partial charge in [-0.3, -0.25) is 0 Å². The van der Waals surface area contributed by atoms with Gasteiger partial charge < -0.3 is 4.42 Å². The molecule has 276 valence electrons. The number of hydrogen-bond donors (Lipinski definition) is 0. The van der Waals surface area contributed by atoms with E-state index in [0.29, 0.717) is 17.5 Å². The Bertz CT molecular complexity index is 3180. The van der Waals surface area contributed by atoms with Gasteiger partial charge in [-0.1, -0.05) is 194 Å². The molecule has 0 bridgehead atoms. The Morgan fingerprint density at radius 1 is 0.254 bits per heavy atom. The fourth-order valence-electron chi connectivity index (χ4n) is 8.27. The first-order chi connectivity index (χ1) is 29.2. The number of hydrogen-bond acceptors (Lipinski definition) is 4. The Hall–Kier alpha value is -7.95. The molecule has 11 aromatic rings. The molecule has 0 aliphatic heterocycles. The lowest BCUT2D eigenvalue weighted by Crippen LogP contribution is -2.00. The number of nitrogens with zero attached hydrogens (tertiary/aromatic N) is 3. The van der Waals surface area contributed by atoms with Crippen molar-refractivity contribution in [3.05, 3.63) is 212 Å². The Kier molecular flexibility index (Phi) is 8.45. The summed E-state index contributed by atoms with van der Waals surface area (Å²) in [4.78, 5) is 15.6. The van der Waals surface area contributed by atoms with Crippen molar-refractivity contribution in [2.45, 2.75) is 0 Å². The van der Waals surface area contributed by atoms with Crippen LogP contribution in [0.15, 0.2) is 217 Å². The Balaban J connectivity index is 1.11. The highest BCUT2D eigenvalue weighted by atomic mass is 16.3. The van der Waals surface area contributed by atoms with Gasteiger partial charge in [-0.05, 0) is 67.9 Å². The standard InChI is InChI=1S/C55H35N3O/c1-4-14-36(15-5-1)38-24-28-41(29-25-38)53-56-54(42-30-26-39(27-31-42)37-16-6-2-7-17-37)58-55(57-53)49-35-34-47(52-51(49)48-22-12-13-23-50(48)59-52)46-33-32-43(40-18-8-3-9-19-40)44-20-10-11-21-45(44)46/h1-35H. The van der Waals surface area contributed by atoms with E-state index < -0.39 is 0 Å². The van der Waals surface area contributed by atoms with Crippen LogP contribution in [0.2, 0.25) is 0 Å². The summed E-state index contributed by atoms with van der Waals surface area (Å²) in [5.74, 6) is 1.78. The minimum Gasteiger partial charge on any atom is -0.455 e. The minimum atomic E-state index is 0.580. The van der Waals surface area contributed by atoms with E-state index in [9.17, 15) is 0 Å². The molecule has 0 saturated heterocycles. The average molecular weight is 754 g/mol. The highest BCUT2D eigenvalue weighted by molar-refractivity contribution is 6.18. The molecular formula is C55H35N3O. The third-order valence-corrected chi connectivity index (χ3v) is 11.2. The van der Waals surface area contributed by atoms with Crippen molar-refractivity contribution in [2.24, 2.45) is 0 Å². The van der Waals surface area contributed by atoms with Crippen molar-refractivity contribution < 1.29 is 4.42 Å². The van der Waals surface area contributed by atoms with Gasteiger partial charge in [0.1, 0.15) is 11.2 Å². The molecule has 2 aromatic heterocycles. The van der Waals surface area contributed by atoms with E-state index in [2.05, 4.69) is 188 Å². The average Bonchev–Trinajstić information content (AvgIpc) is 3.72. The van der Waals surface area contributed by atoms with Gasteiger partial charge in [-0.15, -0.1) is 0 Å². The second kappa shape index (κ2) is 14.5. The van der Waals surface area contributed by atoms with Gasteiger partial charge in [0.2, 0.25) is 0 Å². The van der Waals surface area contributed by atoms with Gasteiger partial charge in [-0.25, -0.2) is 15.0 Å². The molecule has 4 heteroatoms. The molecule has 11 rings (SSSR count). The van der Waals surface area contributed by atoms with Crippen molar-refractivity contribution >= 4 is 32.7 Å². The van der Waals surface area contributed by atoms with Crippen molar-refractivity contribution in [1.29, 1.82) is 0 Å². The molecule has 2 heterocycles. The smallest absolute Gasteiger partial charge is 0.164 e. The summed E-state index contributed by atoms with van der Waals surface area (Å²) in [6.45, 7) is 0. The van der Waals surface area contributed by atoms with Gasteiger partial charge in [0.25, 0.3) is 0 Å². The summed E-state index contributed by atoms with van der Waals surface area (Å²) in [5.41, 5.74) is 13.4. The van der Waals surface area contributed by atoms with Gasteiger partial charge in [0, 0.05) is 33.0 Å². The summed E-state index contributed by atoms with van der Waals surface area (Å²) >= 11 is 0. The van der Waals surface area contributed by atoms with E-state index in [-0.39, 0.29) is 0 Å². The summed E-state index contributed by atoms with van der Waals surface area (Å²) in [7, 11) is 0. The zero-order valence-corrected chi connectivity index (χ0v) is 32.0. The maximum atomic E-state index is 6.83. The largest absolute Gasteiger partial charge is 0.455 e. The van der Waals surface area contributed by atoms with E-state index >= 15 is 0 Å². The Labute approximate surface area is 341 Å². The fourth-order valence-corrected chi connectivity index (χ4v) is 8.27. The van der Waals surface area contributed by atoms with Crippen LogP contribution in [0, 0.1) is 0 Å². The van der Waals surface area contributed by atoms with Crippen LogP contribution in [-0.2, 0) is 0 Å². The predicted molar refractivity (Wildman–Crippen MR) is 243 cm³/mol. The lowest BCUT2D eigenvalue weighted by molar-refractivity contribution is 0.670. The molecule has 0 spiro atoms. The van der Waals surface area contributed by atoms with Crippen LogP contribution in [0.3, 0.4) is 0 Å². The highest BCUT2D eigenvalue weighted by Gasteiger charge is 2.22. The third-order valence-electron chi connectivity index (χ3n) is 11.2. The number of aromatic nitrogens is 3. The fraction of sp³-hybridized carbons (Fsp3) is 0. The molecule has 0 unspecified atom stereocenters. The number of para-hydroxylation sites is 1. The van der Waals surface area contributed by atoms with E-state index in [1.54, 1.807) is 0 Å². The maximum Gasteiger partial charge on any atom is 0.164 e. The lowest BCUT2D eigenvalue weighted by Gasteiger charge is -2.14. The molecule has 0 saturated carbocycles. The molecule has 0 aliphatic carbocycles. The quantitative estimate of drug-likeness (QED) is 0.163. The van der Waals surface area contributed by atoms with E-state index in [0.717, 1.165) is 77.4 Å². The summed E-state index contributed by atoms with van der Waals surface area (Å²) in [6.07, 6.45) is 0. The normalized spacial score (nSPS) is 11.4. The van der Waals surface area contributed by atoms with Crippen molar-refractivity contribution in [3.63, 3.8) is 0 Å². The molecule has 4 nitrogen and oxygen atoms in total. The Morgan fingerprint density at radius 2 is 0.644 bits per heavy atom. The first-order valence-electron chi connectivity index (χ1n) is 19.9. The topological polar surface area (TPSA) is 51.8 Å². The molecular weight excluding hydrogens is 719 g/mol. The van der Waals surface area contributed by atoms with E-state index in [1.807, 2.05) is 24.3 Å². The second-order valence-corrected chi connectivity index (χ2v) is 14.7. The van der Waals surface area contributed by atoms with E-state index in [1.165, 1.54) is 16.5 Å². The van der Waals surface area contributed by atoms with Crippen LogP contribution in [0.1, 0.15) is 0 Å². The lowest BCUT2D eigenvalue weighted by atomic mass is 9.90. The molecule has 0 amide bonds. The van der Waals surface area contributed by atoms with Crippen molar-refractivity contribution in [1.82, 2.24) is 15.0 Å². The van der Waals surface area contributed by atoms with Crippen molar-refractivity contribution in [2.75, 3.05) is 0 Å². The summed E-state index contributed by atoms with van der Waals surface area (Å²) < 4.78 is 6.83. The SMILES string of the molecule is c1ccc(-c2ccc(-c3nc(-c4ccc(-c5ccccc5)cc4)nc(-c4ccc(-c5ccc(-c6ccccc6)c6ccccc56)c5oc6ccccc6c45)n3)cc2)cc1. The molecule has 0 fully saturated rings. The highest BCUT2D eigenvalue weighted by Crippen LogP contribution is 2.44. The second-order valence-electron chi connectivity index (χ2n) is 14.7. The third kappa shape index (κ3) is 6.24. The first kappa shape index (κ1) is 34.3. The molecule has 0 aliphatic rings. The number of fused-ring (bicyclic) bond motifs is 4. The van der Waals surface area contributed by atoms with Crippen LogP contribution in [0.5, 0.6) is 0 Å². The monoisotopic (exact) mass is 753 g/mol. The van der Waals surface area contributed by atoms with E-state index in [4.69, 9.17) is 19.4 Å². The molecule has 9 aromatic carbocycles. The van der Waals surface area contributed by atoms with Crippen LogP contribution in [0.4, 0.5) is 0 Å². The first-order valence-corrected chi connectivity index (χ1v) is 19.9. The Morgan fingerprint density at radius 3 is 1.22 bits per heavy atom. The maximum absolute atomic E-state index is 6.83. The zero-order chi connectivity index (χ0) is 39.1. The number of rotatable bonds is 7. The molecule has 0 N–H and O–H groups in total. The van der Waals surface area contributed by atoms with Gasteiger partial charge in [-0.2, -0.15) is 0 Å². The summed E-state index contributed by atoms with van der Waals surface area (Å²) in [5, 5.41) is 4.32. The predicted octanol–water partition coefficient (Wildman–Crippen LogP) is 14.6. The number of benzene rings is 9. The molecule has 0 atom stereocenters. The van der Waals surface area contributed by atoms with Gasteiger partial charge in [0.05, 0.1) is 0 Å². The van der Waals surface area contributed by atoms with Gasteiger partial charge >= 0.3 is 0 Å². The van der Waals surface area contributed by atoms with Crippen LogP contribution < -0.4 is 0 Å².